The summed E-state index contributed by atoms with van der Waals surface area (Å²) in [5.41, 5.74) is -1.15. The highest BCUT2D eigenvalue weighted by Gasteiger charge is 2.49. The number of ether oxygens (including phenoxy) is 3. The van der Waals surface area contributed by atoms with Gasteiger partial charge >= 0.3 is 17.9 Å². The van der Waals surface area contributed by atoms with Crippen LogP contribution in [0.1, 0.15) is 41.5 Å². The number of rotatable bonds is 8. The summed E-state index contributed by atoms with van der Waals surface area (Å²) in [6, 6.07) is 0. The van der Waals surface area contributed by atoms with Crippen LogP contribution >= 0.6 is 11.8 Å². The second kappa shape index (κ2) is 10.6. The van der Waals surface area contributed by atoms with Crippen LogP contribution in [0.5, 0.6) is 0 Å². The van der Waals surface area contributed by atoms with Crippen molar-refractivity contribution in [3.05, 3.63) is 0 Å². The van der Waals surface area contributed by atoms with Crippen molar-refractivity contribution in [1.29, 1.82) is 0 Å². The Kier molecular flexibility index (Phi) is 9.42. The van der Waals surface area contributed by atoms with Gasteiger partial charge in [0.2, 0.25) is 0 Å². The van der Waals surface area contributed by atoms with E-state index in [9.17, 15) is 22.8 Å². The third-order valence-electron chi connectivity index (χ3n) is 3.84. The molecule has 4 atom stereocenters. The number of carbonyl (C=O) groups excluding carboxylic acids is 3. The lowest BCUT2D eigenvalue weighted by Crippen LogP contribution is -2.56. The lowest BCUT2D eigenvalue weighted by Gasteiger charge is -2.40. The molecule has 1 aliphatic rings. The molecule has 1 rings (SSSR count). The van der Waals surface area contributed by atoms with Gasteiger partial charge in [-0.15, -0.1) is 11.8 Å². The largest absolute Gasteiger partial charge is 0.457 e. The average Bonchev–Trinajstić information content (AvgIpc) is 2.57. The predicted octanol–water partition coefficient (Wildman–Crippen LogP) is 1.74. The van der Waals surface area contributed by atoms with Crippen LogP contribution in [-0.4, -0.2) is 62.1 Å². The summed E-state index contributed by atoms with van der Waals surface area (Å²) in [5.74, 6) is -3.08. The van der Waals surface area contributed by atoms with Crippen LogP contribution in [0.3, 0.4) is 0 Å². The summed E-state index contributed by atoms with van der Waals surface area (Å²) >= 11 is 1.01. The third kappa shape index (κ3) is 8.13. The van der Waals surface area contributed by atoms with Gasteiger partial charge in [0.1, 0.15) is 0 Å². The average molecular weight is 455 g/mol. The molecule has 0 N–H and O–H groups in total. The first-order valence-corrected chi connectivity index (χ1v) is 12.2. The van der Waals surface area contributed by atoms with E-state index in [1.54, 1.807) is 41.5 Å². The van der Waals surface area contributed by atoms with Crippen LogP contribution in [0.2, 0.25) is 0 Å². The highest BCUT2D eigenvalue weighted by molar-refractivity contribution is 8.00. The maximum atomic E-state index is 12.3. The normalized spacial score (nSPS) is 25.2. The molecule has 1 heterocycles. The Bertz CT molecular complexity index is 700. The van der Waals surface area contributed by atoms with Crippen molar-refractivity contribution in [3.63, 3.8) is 0 Å². The molecule has 1 aliphatic heterocycles. The van der Waals surface area contributed by atoms with Crippen molar-refractivity contribution in [2.45, 2.75) is 65.3 Å². The molecule has 1 saturated heterocycles. The molecular formula is C18H30O9S2. The molecule has 0 bridgehead atoms. The van der Waals surface area contributed by atoms with Crippen molar-refractivity contribution in [3.8, 4) is 0 Å². The Labute approximate surface area is 176 Å². The first kappa shape index (κ1) is 25.7. The van der Waals surface area contributed by atoms with E-state index in [0.29, 0.717) is 0 Å². The van der Waals surface area contributed by atoms with E-state index in [1.807, 2.05) is 0 Å². The van der Waals surface area contributed by atoms with Gasteiger partial charge in [-0.25, -0.2) is 0 Å². The molecular weight excluding hydrogens is 424 g/mol. The second-order valence-corrected chi connectivity index (χ2v) is 10.5. The first-order chi connectivity index (χ1) is 13.2. The van der Waals surface area contributed by atoms with Crippen LogP contribution in [0.15, 0.2) is 0 Å². The minimum Gasteiger partial charge on any atom is -0.457 e. The Morgan fingerprint density at radius 2 is 1.21 bits per heavy atom. The smallest absolute Gasteiger partial charge is 0.308 e. The SMILES string of the molecule is CC(C)C(=O)O[C@@H]1[C@@H](OC(=O)C(C)C)[C@H](OC(=O)C(C)C)CS[C@H]1OS(C)(=O)=O. The van der Waals surface area contributed by atoms with E-state index in [0.717, 1.165) is 18.0 Å². The molecule has 0 saturated carbocycles. The van der Waals surface area contributed by atoms with Gasteiger partial charge in [0.15, 0.2) is 23.7 Å². The van der Waals surface area contributed by atoms with E-state index in [2.05, 4.69) is 0 Å². The fourth-order valence-electron chi connectivity index (χ4n) is 2.19. The second-order valence-electron chi connectivity index (χ2n) is 7.74. The molecule has 0 aromatic rings. The summed E-state index contributed by atoms with van der Waals surface area (Å²) in [5, 5.41) is 0. The van der Waals surface area contributed by atoms with Gasteiger partial charge in [-0.1, -0.05) is 41.5 Å². The summed E-state index contributed by atoms with van der Waals surface area (Å²) in [6.07, 6.45) is -2.54. The highest BCUT2D eigenvalue weighted by atomic mass is 32.2. The van der Waals surface area contributed by atoms with Crippen LogP contribution in [0.4, 0.5) is 0 Å². The minimum atomic E-state index is -3.90. The quantitative estimate of drug-likeness (QED) is 0.304. The molecule has 0 radical (unpaired) electrons. The van der Waals surface area contributed by atoms with Crippen LogP contribution in [0, 0.1) is 17.8 Å². The summed E-state index contributed by atoms with van der Waals surface area (Å²) in [6.45, 7) is 9.76. The van der Waals surface area contributed by atoms with Gasteiger partial charge in [0.05, 0.1) is 24.0 Å². The highest BCUT2D eigenvalue weighted by Crippen LogP contribution is 2.35. The summed E-state index contributed by atoms with van der Waals surface area (Å²) in [7, 11) is -3.90. The van der Waals surface area contributed by atoms with Crippen LogP contribution in [0.25, 0.3) is 0 Å². The molecule has 0 aromatic carbocycles. The molecule has 1 fully saturated rings. The fraction of sp³-hybridized carbons (Fsp3) is 0.833. The standard InChI is InChI=1S/C18H30O9S2/c1-9(2)15(19)24-12-8-28-18(27-29(7,22)23)14(26-17(21)11(5)6)13(12)25-16(20)10(3)4/h9-14,18H,8H2,1-7H3/t12-,13+,14-,18-/m1/s1. The number of hydrogen-bond donors (Lipinski definition) is 0. The van der Waals surface area contributed by atoms with Gasteiger partial charge in [0.25, 0.3) is 10.1 Å². The minimum absolute atomic E-state index is 0.102. The van der Waals surface area contributed by atoms with Gasteiger partial charge in [0, 0.05) is 5.75 Å². The molecule has 29 heavy (non-hydrogen) atoms. The Hall–Kier alpha value is -1.33. The van der Waals surface area contributed by atoms with E-state index in [4.69, 9.17) is 18.4 Å². The van der Waals surface area contributed by atoms with Crippen molar-refractivity contribution < 1.29 is 41.2 Å². The zero-order valence-electron chi connectivity index (χ0n) is 17.7. The molecule has 0 aromatic heterocycles. The Balaban J connectivity index is 3.28. The van der Waals surface area contributed by atoms with Crippen molar-refractivity contribution >= 4 is 39.8 Å². The Morgan fingerprint density at radius 1 is 0.793 bits per heavy atom. The molecule has 0 aliphatic carbocycles. The van der Waals surface area contributed by atoms with Gasteiger partial charge in [-0.2, -0.15) is 8.42 Å². The third-order valence-corrected chi connectivity index (χ3v) is 5.73. The number of thioether (sulfide) groups is 1. The lowest BCUT2D eigenvalue weighted by atomic mass is 10.1. The van der Waals surface area contributed by atoms with Crippen LogP contribution < -0.4 is 0 Å². The lowest BCUT2D eigenvalue weighted by molar-refractivity contribution is -0.193. The van der Waals surface area contributed by atoms with Crippen molar-refractivity contribution in [2.75, 3.05) is 12.0 Å². The van der Waals surface area contributed by atoms with E-state index in [-0.39, 0.29) is 5.75 Å². The predicted molar refractivity (Wildman–Crippen MR) is 106 cm³/mol. The summed E-state index contributed by atoms with van der Waals surface area (Å²) in [4.78, 5) is 36.6. The monoisotopic (exact) mass is 454 g/mol. The topological polar surface area (TPSA) is 122 Å². The zero-order chi connectivity index (χ0) is 22.5. The molecule has 9 nitrogen and oxygen atoms in total. The molecule has 0 unspecified atom stereocenters. The maximum absolute atomic E-state index is 12.3. The Morgan fingerprint density at radius 3 is 1.62 bits per heavy atom. The number of esters is 3. The van der Waals surface area contributed by atoms with E-state index < -0.39 is 69.5 Å². The molecule has 11 heteroatoms. The van der Waals surface area contributed by atoms with E-state index >= 15 is 0 Å². The summed E-state index contributed by atoms with van der Waals surface area (Å²) < 4.78 is 44.9. The van der Waals surface area contributed by atoms with Crippen molar-refractivity contribution in [1.82, 2.24) is 0 Å². The van der Waals surface area contributed by atoms with Gasteiger partial charge < -0.3 is 14.2 Å². The molecule has 0 spiro atoms. The first-order valence-electron chi connectivity index (χ1n) is 9.34. The van der Waals surface area contributed by atoms with Crippen LogP contribution in [-0.2, 0) is 42.9 Å². The zero-order valence-corrected chi connectivity index (χ0v) is 19.4. The fourth-order valence-corrected chi connectivity index (χ4v) is 4.33. The number of hydrogen-bond acceptors (Lipinski definition) is 10. The number of carbonyl (C=O) groups is 3. The molecule has 0 amide bonds. The van der Waals surface area contributed by atoms with Gasteiger partial charge in [-0.05, 0) is 0 Å². The van der Waals surface area contributed by atoms with Crippen molar-refractivity contribution in [2.24, 2.45) is 17.8 Å². The van der Waals surface area contributed by atoms with E-state index in [1.165, 1.54) is 0 Å². The molecule has 168 valence electrons. The maximum Gasteiger partial charge on any atom is 0.308 e. The van der Waals surface area contributed by atoms with Gasteiger partial charge in [-0.3, -0.25) is 18.6 Å².